The summed E-state index contributed by atoms with van der Waals surface area (Å²) in [7, 11) is 1.44. The molecular formula is C21H28N2O3. The molecule has 0 bridgehead atoms. The zero-order valence-electron chi connectivity index (χ0n) is 15.8. The van der Waals surface area contributed by atoms with Crippen LogP contribution in [0, 0.1) is 0 Å². The molecule has 1 fully saturated rings. The molecule has 0 aromatic heterocycles. The summed E-state index contributed by atoms with van der Waals surface area (Å²) in [5, 5.41) is 9.41. The number of nitrogens with zero attached hydrogens (tertiary/aromatic N) is 2. The second kappa shape index (κ2) is 9.82. The first kappa shape index (κ1) is 19.8. The quantitative estimate of drug-likeness (QED) is 0.851. The molecule has 3 rings (SSSR count). The third kappa shape index (κ3) is 4.76. The largest absolute Gasteiger partial charge is 0.508 e. The van der Waals surface area contributed by atoms with Gasteiger partial charge in [0.15, 0.2) is 0 Å². The van der Waals surface area contributed by atoms with Gasteiger partial charge in [-0.2, -0.15) is 0 Å². The standard InChI is InChI=1S/C19H22N2O3.C2H6/c1-24-19(23)18(15-5-3-2-4-6-15)21-13-11-20(12-14-21)16-7-9-17(22)10-8-16;1-2/h2-10,18,22H,11-14H2,1H3;1-2H3. The molecular weight excluding hydrogens is 328 g/mol. The molecule has 1 saturated heterocycles. The third-order valence-corrected chi connectivity index (χ3v) is 4.43. The second-order valence-electron chi connectivity index (χ2n) is 5.88. The molecule has 1 aliphatic rings. The molecule has 1 atom stereocenters. The highest BCUT2D eigenvalue weighted by molar-refractivity contribution is 5.77. The summed E-state index contributed by atoms with van der Waals surface area (Å²) in [6, 6.07) is 16.6. The molecule has 0 spiro atoms. The van der Waals surface area contributed by atoms with Gasteiger partial charge in [-0.05, 0) is 29.8 Å². The lowest BCUT2D eigenvalue weighted by Gasteiger charge is -2.39. The van der Waals surface area contributed by atoms with E-state index in [0.29, 0.717) is 0 Å². The van der Waals surface area contributed by atoms with Gasteiger partial charge in [0, 0.05) is 31.9 Å². The molecule has 5 nitrogen and oxygen atoms in total. The number of carbonyl (C=O) groups excluding carboxylic acids is 1. The zero-order valence-corrected chi connectivity index (χ0v) is 15.8. The summed E-state index contributed by atoms with van der Waals surface area (Å²) in [5.74, 6) is 0.0477. The van der Waals surface area contributed by atoms with Crippen molar-refractivity contribution in [2.75, 3.05) is 38.2 Å². The van der Waals surface area contributed by atoms with E-state index in [0.717, 1.165) is 37.4 Å². The maximum Gasteiger partial charge on any atom is 0.327 e. The fourth-order valence-electron chi connectivity index (χ4n) is 3.14. The van der Waals surface area contributed by atoms with Gasteiger partial charge in [0.1, 0.15) is 11.8 Å². The maximum absolute atomic E-state index is 12.3. The van der Waals surface area contributed by atoms with Crippen LogP contribution in [0.4, 0.5) is 5.69 Å². The molecule has 140 valence electrons. The highest BCUT2D eigenvalue weighted by Crippen LogP contribution is 2.26. The molecule has 0 aliphatic carbocycles. The molecule has 0 amide bonds. The van der Waals surface area contributed by atoms with Crippen LogP contribution in [0.2, 0.25) is 0 Å². The number of ether oxygens (including phenoxy) is 1. The predicted molar refractivity (Wildman–Crippen MR) is 104 cm³/mol. The highest BCUT2D eigenvalue weighted by atomic mass is 16.5. The van der Waals surface area contributed by atoms with E-state index in [4.69, 9.17) is 4.74 Å². The number of aromatic hydroxyl groups is 1. The Morgan fingerprint density at radius 3 is 2.08 bits per heavy atom. The number of hydrogen-bond donors (Lipinski definition) is 1. The van der Waals surface area contributed by atoms with Crippen LogP contribution in [0.1, 0.15) is 25.5 Å². The van der Waals surface area contributed by atoms with E-state index in [1.807, 2.05) is 56.3 Å². The Morgan fingerprint density at radius 2 is 1.54 bits per heavy atom. The van der Waals surface area contributed by atoms with Crippen LogP contribution < -0.4 is 4.90 Å². The normalized spacial score (nSPS) is 15.6. The molecule has 5 heteroatoms. The first-order chi connectivity index (χ1) is 12.7. The van der Waals surface area contributed by atoms with E-state index in [2.05, 4.69) is 9.80 Å². The molecule has 1 heterocycles. The number of phenolic OH excluding ortho intramolecular Hbond substituents is 1. The minimum Gasteiger partial charge on any atom is -0.508 e. The van der Waals surface area contributed by atoms with Crippen LogP contribution in [-0.4, -0.2) is 49.3 Å². The lowest BCUT2D eigenvalue weighted by molar-refractivity contribution is -0.147. The third-order valence-electron chi connectivity index (χ3n) is 4.43. The van der Waals surface area contributed by atoms with Crippen molar-refractivity contribution in [2.24, 2.45) is 0 Å². The van der Waals surface area contributed by atoms with Crippen LogP contribution in [0.5, 0.6) is 5.75 Å². The van der Waals surface area contributed by atoms with Gasteiger partial charge in [-0.3, -0.25) is 4.90 Å². The van der Waals surface area contributed by atoms with Crippen molar-refractivity contribution >= 4 is 11.7 Å². The molecule has 2 aromatic rings. The number of piperazine rings is 1. The number of anilines is 1. The van der Waals surface area contributed by atoms with Gasteiger partial charge in [0.25, 0.3) is 0 Å². The number of carbonyl (C=O) groups is 1. The van der Waals surface area contributed by atoms with Crippen LogP contribution in [-0.2, 0) is 9.53 Å². The molecule has 26 heavy (non-hydrogen) atoms. The minimum absolute atomic E-state index is 0.223. The van der Waals surface area contributed by atoms with Crippen molar-refractivity contribution in [3.05, 3.63) is 60.2 Å². The molecule has 2 aromatic carbocycles. The van der Waals surface area contributed by atoms with Crippen molar-refractivity contribution in [1.29, 1.82) is 0 Å². The van der Waals surface area contributed by atoms with Gasteiger partial charge in [-0.25, -0.2) is 4.79 Å². The van der Waals surface area contributed by atoms with E-state index < -0.39 is 0 Å². The van der Waals surface area contributed by atoms with E-state index in [1.165, 1.54) is 7.11 Å². The monoisotopic (exact) mass is 356 g/mol. The number of rotatable bonds is 4. The van der Waals surface area contributed by atoms with Crippen molar-refractivity contribution in [1.82, 2.24) is 4.90 Å². The van der Waals surface area contributed by atoms with Gasteiger partial charge >= 0.3 is 5.97 Å². The molecule has 0 saturated carbocycles. The van der Waals surface area contributed by atoms with Crippen molar-refractivity contribution < 1.29 is 14.6 Å². The average Bonchev–Trinajstić information content (AvgIpc) is 2.71. The number of methoxy groups -OCH3 is 1. The Hall–Kier alpha value is -2.53. The molecule has 0 radical (unpaired) electrons. The Labute approximate surface area is 155 Å². The molecule has 1 aliphatic heterocycles. The van der Waals surface area contributed by atoms with Gasteiger partial charge in [0.2, 0.25) is 0 Å². The maximum atomic E-state index is 12.3. The van der Waals surface area contributed by atoms with Crippen molar-refractivity contribution in [3.8, 4) is 5.75 Å². The summed E-state index contributed by atoms with van der Waals surface area (Å²) in [4.78, 5) is 16.7. The topological polar surface area (TPSA) is 53.0 Å². The first-order valence-corrected chi connectivity index (χ1v) is 9.10. The highest BCUT2D eigenvalue weighted by Gasteiger charge is 2.31. The van der Waals surface area contributed by atoms with Crippen LogP contribution in [0.25, 0.3) is 0 Å². The summed E-state index contributed by atoms with van der Waals surface area (Å²) >= 11 is 0. The summed E-state index contributed by atoms with van der Waals surface area (Å²) in [6.45, 7) is 7.20. The minimum atomic E-state index is -0.363. The average molecular weight is 356 g/mol. The Kier molecular flexibility index (Phi) is 7.48. The summed E-state index contributed by atoms with van der Waals surface area (Å²) < 4.78 is 5.02. The fraction of sp³-hybridized carbons (Fsp3) is 0.381. The van der Waals surface area contributed by atoms with Crippen LogP contribution in [0.3, 0.4) is 0 Å². The Morgan fingerprint density at radius 1 is 0.962 bits per heavy atom. The van der Waals surface area contributed by atoms with E-state index in [-0.39, 0.29) is 17.8 Å². The van der Waals surface area contributed by atoms with Gasteiger partial charge in [-0.1, -0.05) is 44.2 Å². The van der Waals surface area contributed by atoms with Gasteiger partial charge in [0.05, 0.1) is 7.11 Å². The van der Waals surface area contributed by atoms with Gasteiger partial charge in [-0.15, -0.1) is 0 Å². The van der Waals surface area contributed by atoms with Gasteiger partial charge < -0.3 is 14.7 Å². The van der Waals surface area contributed by atoms with E-state index >= 15 is 0 Å². The lowest BCUT2D eigenvalue weighted by atomic mass is 10.0. The zero-order chi connectivity index (χ0) is 18.9. The van der Waals surface area contributed by atoms with E-state index in [9.17, 15) is 9.90 Å². The Balaban J connectivity index is 0.00000117. The smallest absolute Gasteiger partial charge is 0.327 e. The lowest BCUT2D eigenvalue weighted by Crippen LogP contribution is -2.49. The number of phenols is 1. The summed E-state index contributed by atoms with van der Waals surface area (Å²) in [5.41, 5.74) is 2.05. The number of hydrogen-bond acceptors (Lipinski definition) is 5. The summed E-state index contributed by atoms with van der Waals surface area (Å²) in [6.07, 6.45) is 0. The van der Waals surface area contributed by atoms with Crippen LogP contribution >= 0.6 is 0 Å². The Bertz CT molecular complexity index is 665. The molecule has 1 unspecified atom stereocenters. The van der Waals surface area contributed by atoms with E-state index in [1.54, 1.807) is 12.1 Å². The molecule has 1 N–H and O–H groups in total. The predicted octanol–water partition coefficient (Wildman–Crippen LogP) is 3.45. The fourth-order valence-corrected chi connectivity index (χ4v) is 3.14. The van der Waals surface area contributed by atoms with Crippen LogP contribution in [0.15, 0.2) is 54.6 Å². The van der Waals surface area contributed by atoms with Crippen molar-refractivity contribution in [3.63, 3.8) is 0 Å². The van der Waals surface area contributed by atoms with Crippen molar-refractivity contribution in [2.45, 2.75) is 19.9 Å². The second-order valence-corrected chi connectivity index (χ2v) is 5.88. The number of esters is 1. The first-order valence-electron chi connectivity index (χ1n) is 9.10. The SMILES string of the molecule is CC.COC(=O)C(c1ccccc1)N1CCN(c2ccc(O)cc2)CC1. The number of benzene rings is 2.